The van der Waals surface area contributed by atoms with Crippen molar-refractivity contribution in [3.63, 3.8) is 0 Å². The number of ether oxygens (including phenoxy) is 1. The average Bonchev–Trinajstić information content (AvgIpc) is 3.30. The fraction of sp³-hybridized carbons (Fsp3) is 0.300. The van der Waals surface area contributed by atoms with E-state index in [1.54, 1.807) is 12.1 Å². The minimum atomic E-state index is -3.18. The van der Waals surface area contributed by atoms with Crippen LogP contribution in [-0.4, -0.2) is 61.8 Å². The lowest BCUT2D eigenvalue weighted by molar-refractivity contribution is -0.0495. The highest BCUT2D eigenvalue weighted by atomic mass is 79.9. The monoisotopic (exact) mass is 538 g/mol. The van der Waals surface area contributed by atoms with Crippen LogP contribution in [0.1, 0.15) is 35.1 Å². The molecule has 0 saturated carbocycles. The summed E-state index contributed by atoms with van der Waals surface area (Å²) in [6, 6.07) is 5.86. The van der Waals surface area contributed by atoms with Gasteiger partial charge in [0, 0.05) is 24.8 Å². The van der Waals surface area contributed by atoms with Crippen LogP contribution in [0.15, 0.2) is 39.6 Å². The summed E-state index contributed by atoms with van der Waals surface area (Å²) in [5.41, 5.74) is 0.240. The molecule has 1 aliphatic heterocycles. The van der Waals surface area contributed by atoms with E-state index < -0.39 is 24.4 Å². The fourth-order valence-corrected chi connectivity index (χ4v) is 3.77. The summed E-state index contributed by atoms with van der Waals surface area (Å²) in [5, 5.41) is 15.5. The van der Waals surface area contributed by atoms with Gasteiger partial charge in [-0.1, -0.05) is 11.2 Å². The van der Waals surface area contributed by atoms with Crippen LogP contribution in [-0.2, 0) is 0 Å². The largest absolute Gasteiger partial charge is 0.465 e. The Hall–Kier alpha value is -3.68. The number of amides is 2. The molecule has 3 aromatic heterocycles. The first-order valence-corrected chi connectivity index (χ1v) is 10.8. The topological polar surface area (TPSA) is 144 Å². The molecule has 1 saturated heterocycles. The number of hydrogen-bond donors (Lipinski definition) is 2. The van der Waals surface area contributed by atoms with Crippen molar-refractivity contribution in [3.8, 4) is 17.1 Å². The van der Waals surface area contributed by atoms with E-state index in [2.05, 4.69) is 46.1 Å². The van der Waals surface area contributed by atoms with E-state index in [4.69, 9.17) is 4.52 Å². The average molecular weight is 539 g/mol. The highest BCUT2D eigenvalue weighted by Crippen LogP contribution is 2.31. The predicted octanol–water partition coefficient (Wildman–Crippen LogP) is 4.00. The SMILES string of the molecule is O=C(Nc1ncc(-c2noc(C3CCCN(C(=O)O)C3)n2)cc1OC(F)F)c1cccc(Br)n1. The molecule has 178 valence electrons. The Balaban J connectivity index is 1.56. The second kappa shape index (κ2) is 10.1. The summed E-state index contributed by atoms with van der Waals surface area (Å²) < 4.78 is 36.3. The lowest BCUT2D eigenvalue weighted by Crippen LogP contribution is -2.38. The Kier molecular flexibility index (Phi) is 6.95. The molecule has 0 aromatic carbocycles. The van der Waals surface area contributed by atoms with Gasteiger partial charge in [0.2, 0.25) is 11.7 Å². The van der Waals surface area contributed by atoms with Gasteiger partial charge in [-0.2, -0.15) is 13.8 Å². The zero-order chi connectivity index (χ0) is 24.2. The third-order valence-corrected chi connectivity index (χ3v) is 5.43. The highest BCUT2D eigenvalue weighted by molar-refractivity contribution is 9.10. The second-order valence-electron chi connectivity index (χ2n) is 7.27. The third kappa shape index (κ3) is 5.44. The third-order valence-electron chi connectivity index (χ3n) is 4.99. The van der Waals surface area contributed by atoms with Crippen LogP contribution < -0.4 is 10.1 Å². The number of nitrogens with zero attached hydrogens (tertiary/aromatic N) is 5. The first-order chi connectivity index (χ1) is 16.3. The quantitative estimate of drug-likeness (QED) is 0.444. The summed E-state index contributed by atoms with van der Waals surface area (Å²) in [6.07, 6.45) is 1.54. The van der Waals surface area contributed by atoms with Gasteiger partial charge in [0.05, 0.1) is 5.92 Å². The number of halogens is 3. The lowest BCUT2D eigenvalue weighted by Gasteiger charge is -2.28. The number of carboxylic acid groups (broad SMARTS) is 1. The minimum absolute atomic E-state index is 0.0361. The van der Waals surface area contributed by atoms with E-state index in [0.29, 0.717) is 24.0 Å². The maximum Gasteiger partial charge on any atom is 0.407 e. The summed E-state index contributed by atoms with van der Waals surface area (Å²) in [6.45, 7) is -2.54. The zero-order valence-corrected chi connectivity index (χ0v) is 18.9. The van der Waals surface area contributed by atoms with Crippen molar-refractivity contribution in [2.75, 3.05) is 18.4 Å². The molecule has 1 aliphatic rings. The van der Waals surface area contributed by atoms with Crippen LogP contribution in [0, 0.1) is 0 Å². The number of carbonyl (C=O) groups is 2. The number of piperidine rings is 1. The van der Waals surface area contributed by atoms with E-state index in [-0.39, 0.29) is 41.3 Å². The van der Waals surface area contributed by atoms with Crippen molar-refractivity contribution in [3.05, 3.63) is 46.7 Å². The minimum Gasteiger partial charge on any atom is -0.465 e. The summed E-state index contributed by atoms with van der Waals surface area (Å²) in [7, 11) is 0. The second-order valence-corrected chi connectivity index (χ2v) is 8.09. The van der Waals surface area contributed by atoms with E-state index in [1.165, 1.54) is 23.2 Å². The van der Waals surface area contributed by atoms with Gasteiger partial charge in [-0.15, -0.1) is 0 Å². The molecule has 1 fully saturated rings. The van der Waals surface area contributed by atoms with Crippen molar-refractivity contribution in [1.29, 1.82) is 0 Å². The summed E-state index contributed by atoms with van der Waals surface area (Å²) in [4.78, 5) is 37.3. The molecular weight excluding hydrogens is 522 g/mol. The molecular formula is C20H17BrF2N6O5. The maximum atomic E-state index is 13.0. The highest BCUT2D eigenvalue weighted by Gasteiger charge is 2.29. The standard InChI is InChI=1S/C20H17BrF2N6O5/c21-14-5-1-4-12(25-14)17(30)26-16-13(33-19(22)23)7-11(8-24-16)15-27-18(34-28-15)10-3-2-6-29(9-10)20(31)32/h1,4-5,7-8,10,19H,2-3,6,9H2,(H,31,32)(H,24,26,30). The van der Waals surface area contributed by atoms with E-state index in [1.807, 2.05) is 0 Å². The van der Waals surface area contributed by atoms with Gasteiger partial charge in [-0.05, 0) is 47.0 Å². The van der Waals surface area contributed by atoms with Crippen molar-refractivity contribution in [2.45, 2.75) is 25.4 Å². The Labute approximate surface area is 199 Å². The van der Waals surface area contributed by atoms with Crippen LogP contribution in [0.25, 0.3) is 11.4 Å². The number of alkyl halides is 2. The van der Waals surface area contributed by atoms with Gasteiger partial charge < -0.3 is 24.6 Å². The molecule has 0 aliphatic carbocycles. The molecule has 34 heavy (non-hydrogen) atoms. The number of rotatable bonds is 6. The zero-order valence-electron chi connectivity index (χ0n) is 17.3. The molecule has 14 heteroatoms. The predicted molar refractivity (Wildman–Crippen MR) is 116 cm³/mol. The molecule has 0 spiro atoms. The smallest absolute Gasteiger partial charge is 0.407 e. The van der Waals surface area contributed by atoms with Gasteiger partial charge in [0.15, 0.2) is 11.6 Å². The van der Waals surface area contributed by atoms with Gasteiger partial charge in [-0.25, -0.2) is 14.8 Å². The van der Waals surface area contributed by atoms with Crippen molar-refractivity contribution < 1.29 is 32.7 Å². The van der Waals surface area contributed by atoms with Gasteiger partial charge in [0.25, 0.3) is 5.91 Å². The van der Waals surface area contributed by atoms with Gasteiger partial charge in [-0.3, -0.25) is 4.79 Å². The summed E-state index contributed by atoms with van der Waals surface area (Å²) in [5.74, 6) is -1.33. The summed E-state index contributed by atoms with van der Waals surface area (Å²) >= 11 is 3.15. The molecule has 0 bridgehead atoms. The Morgan fingerprint density at radius 2 is 2.15 bits per heavy atom. The molecule has 4 rings (SSSR count). The van der Waals surface area contributed by atoms with Crippen LogP contribution >= 0.6 is 15.9 Å². The molecule has 3 aromatic rings. The van der Waals surface area contributed by atoms with E-state index >= 15 is 0 Å². The number of carbonyl (C=O) groups excluding carboxylic acids is 1. The fourth-order valence-electron chi connectivity index (χ4n) is 3.42. The Morgan fingerprint density at radius 3 is 2.88 bits per heavy atom. The lowest BCUT2D eigenvalue weighted by atomic mass is 9.98. The number of hydrogen-bond acceptors (Lipinski definition) is 8. The Bertz CT molecular complexity index is 1210. The van der Waals surface area contributed by atoms with Crippen LogP contribution in [0.4, 0.5) is 19.4 Å². The van der Waals surface area contributed by atoms with Crippen molar-refractivity contribution in [2.24, 2.45) is 0 Å². The molecule has 0 radical (unpaired) electrons. The van der Waals surface area contributed by atoms with Crippen molar-refractivity contribution in [1.82, 2.24) is 25.0 Å². The van der Waals surface area contributed by atoms with E-state index in [9.17, 15) is 23.5 Å². The number of pyridine rings is 2. The molecule has 2 N–H and O–H groups in total. The number of nitrogens with one attached hydrogen (secondary N) is 1. The van der Waals surface area contributed by atoms with Crippen LogP contribution in [0.5, 0.6) is 5.75 Å². The first-order valence-electron chi connectivity index (χ1n) is 10.0. The first kappa shape index (κ1) is 23.5. The van der Waals surface area contributed by atoms with E-state index in [0.717, 1.165) is 0 Å². The van der Waals surface area contributed by atoms with Crippen molar-refractivity contribution >= 4 is 33.7 Å². The van der Waals surface area contributed by atoms with Crippen LogP contribution in [0.3, 0.4) is 0 Å². The molecule has 2 amide bonds. The number of likely N-dealkylation sites (tertiary alicyclic amines) is 1. The molecule has 4 heterocycles. The van der Waals surface area contributed by atoms with Gasteiger partial charge >= 0.3 is 12.7 Å². The molecule has 11 nitrogen and oxygen atoms in total. The number of anilines is 1. The molecule has 1 atom stereocenters. The number of aromatic nitrogens is 4. The van der Waals surface area contributed by atoms with Crippen LogP contribution in [0.2, 0.25) is 0 Å². The normalized spacial score (nSPS) is 15.9. The maximum absolute atomic E-state index is 13.0. The molecule has 1 unspecified atom stereocenters. The Morgan fingerprint density at radius 1 is 1.32 bits per heavy atom. The van der Waals surface area contributed by atoms with Gasteiger partial charge in [0.1, 0.15) is 10.3 Å².